The minimum atomic E-state index is -1.68. The first-order chi connectivity index (χ1) is 51.6. The number of phenolic OH excluding ortho intramolecular Hbond substituents is 1. The molecule has 110 heavy (non-hydrogen) atoms. The normalized spacial score (nSPS) is 14.3. The highest BCUT2D eigenvalue weighted by Crippen LogP contribution is 2.14. The number of carbonyl (C=O) groups excluding carboxylic acids is 17. The standard InChI is InChI=1S/C68H112N18O22S2/c1-33(2)22-44(78-52(93)27-71-50(91)26-75-66(105)55(35(5)6)86-67(106)56(36(7)8)85-59(98)38(10)76-51(92)29-72-57(96)37(9)69)60(99)73-25-49(90)70-28-53(94)79-46(24-40-14-16-41(89)17-15-40)64(103)82-43(19-21-110-13)62(101)83-45(23-34(3)4)61(100)74-30-54(95)80-47(31-87)65(104)77-39(11)58(97)81-42(18-20-109-12)63(102)84-48(32-88)68(107)108/h14-17,33-39,42-48,55-56,87-89H,18-32,69H2,1-13H3,(H,70,90)(H,71,91)(H,72,96)(H,73,99)(H,74,100)(H,75,105)(H,76,92)(H,77,104)(H,78,93)(H,79,94)(H,80,95)(H,81,97)(H,82,103)(H,83,101)(H,84,102)(H,85,98)(H,86,106)(H,107,108). The summed E-state index contributed by atoms with van der Waals surface area (Å²) in [7, 11) is 0. The fourth-order valence-corrected chi connectivity index (χ4v) is 10.7. The molecule has 0 saturated heterocycles. The third-order valence-electron chi connectivity index (χ3n) is 15.9. The Balaban J connectivity index is 3.05. The van der Waals surface area contributed by atoms with Crippen LogP contribution in [0.15, 0.2) is 24.3 Å². The first-order valence-electron chi connectivity index (χ1n) is 35.5. The molecule has 0 fully saturated rings. The topological polar surface area (TPSA) is 619 Å². The van der Waals surface area contributed by atoms with Gasteiger partial charge in [0.1, 0.15) is 72.2 Å². The van der Waals surface area contributed by atoms with Crippen molar-refractivity contribution in [3.8, 4) is 5.75 Å². The zero-order valence-corrected chi connectivity index (χ0v) is 65.8. The predicted octanol–water partition coefficient (Wildman–Crippen LogP) is -7.67. The van der Waals surface area contributed by atoms with E-state index < -0.39 is 243 Å². The number of aliphatic carboxylic acids is 1. The van der Waals surface area contributed by atoms with Crippen LogP contribution in [0.3, 0.4) is 0 Å². The molecular formula is C68H112N18O22S2. The van der Waals surface area contributed by atoms with Crippen LogP contribution in [0.4, 0.5) is 0 Å². The van der Waals surface area contributed by atoms with Gasteiger partial charge >= 0.3 is 5.97 Å². The molecule has 12 atom stereocenters. The van der Waals surface area contributed by atoms with Crippen LogP contribution in [0.5, 0.6) is 5.75 Å². The molecule has 0 aromatic heterocycles. The van der Waals surface area contributed by atoms with Gasteiger partial charge in [-0.25, -0.2) is 4.79 Å². The molecule has 0 radical (unpaired) electrons. The van der Waals surface area contributed by atoms with Crippen LogP contribution in [-0.2, 0) is 92.7 Å². The van der Waals surface area contributed by atoms with Gasteiger partial charge in [-0.2, -0.15) is 23.5 Å². The molecule has 17 amide bonds. The lowest BCUT2D eigenvalue weighted by atomic mass is 9.99. The van der Waals surface area contributed by atoms with Crippen molar-refractivity contribution in [1.82, 2.24) is 90.4 Å². The van der Waals surface area contributed by atoms with Crippen molar-refractivity contribution < 1.29 is 107 Å². The molecule has 0 bridgehead atoms. The number of aliphatic hydroxyl groups excluding tert-OH is 2. The number of aromatic hydroxyl groups is 1. The van der Waals surface area contributed by atoms with Crippen molar-refractivity contribution in [1.29, 1.82) is 0 Å². The molecule has 1 aromatic rings. The van der Waals surface area contributed by atoms with E-state index in [2.05, 4.69) is 90.4 Å². The van der Waals surface area contributed by atoms with E-state index in [4.69, 9.17) is 5.73 Å². The molecule has 0 spiro atoms. The summed E-state index contributed by atoms with van der Waals surface area (Å²) in [5.74, 6) is -16.9. The summed E-state index contributed by atoms with van der Waals surface area (Å²) >= 11 is 2.62. The van der Waals surface area contributed by atoms with Crippen LogP contribution in [0, 0.1) is 23.7 Å². The Morgan fingerprint density at radius 3 is 1.13 bits per heavy atom. The van der Waals surface area contributed by atoms with Crippen molar-refractivity contribution >= 4 is 130 Å². The van der Waals surface area contributed by atoms with Gasteiger partial charge in [-0.05, 0) is 112 Å². The molecule has 23 N–H and O–H groups in total. The number of hydrogen-bond donors (Lipinski definition) is 22. The summed E-state index contributed by atoms with van der Waals surface area (Å²) < 4.78 is 0. The highest BCUT2D eigenvalue weighted by atomic mass is 32.2. The zero-order chi connectivity index (χ0) is 83.7. The zero-order valence-electron chi connectivity index (χ0n) is 64.2. The second kappa shape index (κ2) is 51.5. The molecule has 40 nitrogen and oxygen atoms in total. The quantitative estimate of drug-likeness (QED) is 0.0288. The molecule has 0 saturated carbocycles. The first-order valence-corrected chi connectivity index (χ1v) is 38.3. The maximum Gasteiger partial charge on any atom is 0.328 e. The summed E-state index contributed by atoms with van der Waals surface area (Å²) in [4.78, 5) is 236. The van der Waals surface area contributed by atoms with Crippen LogP contribution < -0.4 is 96.1 Å². The molecule has 0 aliphatic rings. The van der Waals surface area contributed by atoms with E-state index in [1.54, 1.807) is 67.9 Å². The number of hydrogen-bond acceptors (Lipinski definition) is 24. The third kappa shape index (κ3) is 38.9. The highest BCUT2D eigenvalue weighted by molar-refractivity contribution is 7.98. The van der Waals surface area contributed by atoms with E-state index >= 15 is 0 Å². The average Bonchev–Trinajstić information content (AvgIpc) is 0.864. The van der Waals surface area contributed by atoms with Crippen LogP contribution in [0.2, 0.25) is 0 Å². The maximum absolute atomic E-state index is 14.2. The molecule has 1 aromatic carbocycles. The third-order valence-corrected chi connectivity index (χ3v) is 17.1. The van der Waals surface area contributed by atoms with Gasteiger partial charge in [-0.15, -0.1) is 0 Å². The van der Waals surface area contributed by atoms with Crippen molar-refractivity contribution in [3.05, 3.63) is 29.8 Å². The number of nitrogens with two attached hydrogens (primary N) is 1. The molecule has 0 heterocycles. The summed E-state index contributed by atoms with van der Waals surface area (Å²) in [6.45, 7) is 11.4. The Labute approximate surface area is 646 Å². The number of nitrogens with one attached hydrogen (secondary N) is 17. The van der Waals surface area contributed by atoms with Gasteiger partial charge < -0.3 is 117 Å². The van der Waals surface area contributed by atoms with Crippen molar-refractivity contribution in [2.24, 2.45) is 29.4 Å². The first kappa shape index (κ1) is 98.1. The Morgan fingerprint density at radius 1 is 0.355 bits per heavy atom. The smallest absolute Gasteiger partial charge is 0.328 e. The lowest BCUT2D eigenvalue weighted by molar-refractivity contribution is -0.143. The Bertz CT molecular complexity index is 3310. The predicted molar refractivity (Wildman–Crippen MR) is 402 cm³/mol. The second-order valence-corrected chi connectivity index (χ2v) is 29.2. The van der Waals surface area contributed by atoms with Gasteiger partial charge in [-0.1, -0.05) is 67.5 Å². The van der Waals surface area contributed by atoms with Gasteiger partial charge in [0.05, 0.1) is 58.5 Å². The number of carboxylic acid groups (broad SMARTS) is 1. The second-order valence-electron chi connectivity index (χ2n) is 27.2. The minimum absolute atomic E-state index is 0.000791. The van der Waals surface area contributed by atoms with Gasteiger partial charge in [0.2, 0.25) is 100 Å². The molecule has 0 aliphatic heterocycles. The number of amides is 17. The van der Waals surface area contributed by atoms with Gasteiger partial charge in [0.25, 0.3) is 0 Å². The Morgan fingerprint density at radius 2 is 0.691 bits per heavy atom. The largest absolute Gasteiger partial charge is 0.508 e. The summed E-state index contributed by atoms with van der Waals surface area (Å²) in [6, 6.07) is -10.2. The SMILES string of the molecule is CSCCC(NC(=O)C(C)NC(=O)C(CO)NC(=O)CNC(=O)C(CC(C)C)NC(=O)C(CCSC)NC(=O)C(Cc1ccc(O)cc1)NC(=O)CNC(=O)CNC(=O)C(CC(C)C)NC(=O)CNC(=O)CNC(=O)C(NC(=O)C(NC(=O)C(C)NC(=O)CNC(=O)C(C)N)C(C)C)C(C)C)C(=O)NC(CO)C(=O)O. The van der Waals surface area contributed by atoms with E-state index in [9.17, 15) is 107 Å². The molecule has 0 aliphatic carbocycles. The number of carbonyl (C=O) groups is 18. The fourth-order valence-electron chi connectivity index (χ4n) is 9.72. The number of phenols is 1. The Kier molecular flexibility index (Phi) is 45.9. The van der Waals surface area contributed by atoms with E-state index in [1.165, 1.54) is 68.6 Å². The number of carboxylic acids is 1. The van der Waals surface area contributed by atoms with Crippen LogP contribution in [0.1, 0.15) is 107 Å². The van der Waals surface area contributed by atoms with Gasteiger partial charge in [0, 0.05) is 6.42 Å². The molecule has 1 rings (SSSR count). The molecule has 618 valence electrons. The minimum Gasteiger partial charge on any atom is -0.508 e. The highest BCUT2D eigenvalue weighted by Gasteiger charge is 2.36. The monoisotopic (exact) mass is 1600 g/mol. The maximum atomic E-state index is 14.2. The molecule has 12 unspecified atom stereocenters. The molecular weight excluding hydrogens is 1480 g/mol. The summed E-state index contributed by atoms with van der Waals surface area (Å²) in [5.41, 5.74) is 5.91. The van der Waals surface area contributed by atoms with E-state index in [1.807, 2.05) is 0 Å². The van der Waals surface area contributed by atoms with Crippen LogP contribution in [-0.4, -0.2) is 276 Å². The fraction of sp³-hybridized carbons (Fsp3) is 0.647. The van der Waals surface area contributed by atoms with E-state index in [0.717, 1.165) is 0 Å². The summed E-state index contributed by atoms with van der Waals surface area (Å²) in [5, 5.41) is 79.5. The Hall–Kier alpha value is -9.94. The molecule has 42 heteroatoms. The van der Waals surface area contributed by atoms with Crippen molar-refractivity contribution in [2.75, 3.05) is 76.5 Å². The van der Waals surface area contributed by atoms with E-state index in [-0.39, 0.29) is 55.4 Å². The van der Waals surface area contributed by atoms with Gasteiger partial charge in [0.15, 0.2) is 0 Å². The average molecular weight is 1600 g/mol. The van der Waals surface area contributed by atoms with Gasteiger partial charge in [-0.3, -0.25) is 81.5 Å². The summed E-state index contributed by atoms with van der Waals surface area (Å²) in [6.07, 6.45) is 3.29. The number of rotatable bonds is 51. The lowest BCUT2D eigenvalue weighted by Gasteiger charge is -2.28. The number of aliphatic hydroxyl groups is 2. The lowest BCUT2D eigenvalue weighted by Crippen LogP contribution is -2.59. The number of thioether (sulfide) groups is 2. The van der Waals surface area contributed by atoms with Crippen LogP contribution in [0.25, 0.3) is 0 Å². The van der Waals surface area contributed by atoms with Crippen molar-refractivity contribution in [3.63, 3.8) is 0 Å². The number of benzene rings is 1. The van der Waals surface area contributed by atoms with Crippen molar-refractivity contribution in [2.45, 2.75) is 181 Å². The van der Waals surface area contributed by atoms with E-state index in [0.29, 0.717) is 11.3 Å². The van der Waals surface area contributed by atoms with Crippen LogP contribution >= 0.6 is 23.5 Å².